The van der Waals surface area contributed by atoms with Crippen LogP contribution >= 0.6 is 21.6 Å². The van der Waals surface area contributed by atoms with Gasteiger partial charge >= 0.3 is 0 Å². The van der Waals surface area contributed by atoms with E-state index in [9.17, 15) is 13.2 Å². The number of halogens is 3. The van der Waals surface area contributed by atoms with Crippen LogP contribution in [0.1, 0.15) is 0 Å². The summed E-state index contributed by atoms with van der Waals surface area (Å²) < 4.78 is 35.9. The summed E-state index contributed by atoms with van der Waals surface area (Å²) in [4.78, 5) is 0. The van der Waals surface area contributed by atoms with Crippen molar-refractivity contribution in [3.05, 3.63) is 47.1 Å². The summed E-state index contributed by atoms with van der Waals surface area (Å²) >= 11 is 0. The topological polar surface area (TPSA) is 0 Å². The molecule has 76 valence electrons. The van der Waals surface area contributed by atoms with E-state index in [1.807, 2.05) is 21.6 Å². The Bertz CT molecular complexity index is 300. The molecule has 0 bridgehead atoms. The van der Waals surface area contributed by atoms with Crippen molar-refractivity contribution in [2.75, 3.05) is 5.75 Å². The van der Waals surface area contributed by atoms with Gasteiger partial charge in [-0.1, -0.05) is 33.7 Å². The minimum Gasteiger partial charge on any atom is -0.204 e. The summed E-state index contributed by atoms with van der Waals surface area (Å²) in [6.45, 7) is 0. The Morgan fingerprint density at radius 1 is 1.07 bits per heavy atom. The highest BCUT2D eigenvalue weighted by Crippen LogP contribution is 2.27. The Hall–Kier alpha value is -0.550. The zero-order valence-electron chi connectivity index (χ0n) is 7.04. The molecule has 0 aromatic heterocycles. The number of hydrogen-bond donors (Lipinski definition) is 0. The molecule has 0 spiro atoms. The Labute approximate surface area is 88.0 Å². The summed E-state index contributed by atoms with van der Waals surface area (Å²) in [7, 11) is 3.69. The smallest absolute Gasteiger partial charge is 0.194 e. The van der Waals surface area contributed by atoms with Gasteiger partial charge in [0.25, 0.3) is 0 Å². The van der Waals surface area contributed by atoms with Crippen molar-refractivity contribution in [1.29, 1.82) is 0 Å². The molecule has 0 nitrogen and oxygen atoms in total. The summed E-state index contributed by atoms with van der Waals surface area (Å²) in [5, 5.41) is 2.12. The Balaban J connectivity index is 0.000000165. The van der Waals surface area contributed by atoms with Crippen molar-refractivity contribution in [2.24, 2.45) is 0 Å². The second-order valence-corrected chi connectivity index (χ2v) is 4.61. The molecule has 1 heterocycles. The zero-order valence-corrected chi connectivity index (χ0v) is 8.68. The Morgan fingerprint density at radius 3 is 2.00 bits per heavy atom. The maximum Gasteiger partial charge on any atom is 0.194 e. The minimum atomic E-state index is -1.42. The average Bonchev–Trinajstić information content (AvgIpc) is 2.72. The predicted octanol–water partition coefficient (Wildman–Crippen LogP) is 4.00. The third kappa shape index (κ3) is 3.67. The van der Waals surface area contributed by atoms with Gasteiger partial charge in [0.2, 0.25) is 0 Å². The molecule has 1 aliphatic heterocycles. The largest absolute Gasteiger partial charge is 0.204 e. The lowest BCUT2D eigenvalue weighted by atomic mass is 10.3. The fourth-order valence-electron chi connectivity index (χ4n) is 0.674. The van der Waals surface area contributed by atoms with E-state index >= 15 is 0 Å². The summed E-state index contributed by atoms with van der Waals surface area (Å²) in [5.41, 5.74) is 0. The highest BCUT2D eigenvalue weighted by atomic mass is 33.1. The molecular formula is C9H7F3S2. The van der Waals surface area contributed by atoms with Crippen molar-refractivity contribution in [3.8, 4) is 0 Å². The van der Waals surface area contributed by atoms with Gasteiger partial charge in [-0.15, -0.1) is 0 Å². The summed E-state index contributed by atoms with van der Waals surface area (Å²) in [5.74, 6) is -2.53. The molecule has 0 saturated heterocycles. The first kappa shape index (κ1) is 11.5. The quantitative estimate of drug-likeness (QED) is 0.493. The first-order valence-corrected chi connectivity index (χ1v) is 6.13. The van der Waals surface area contributed by atoms with Gasteiger partial charge in [-0.05, 0) is 17.5 Å². The molecule has 5 heteroatoms. The van der Waals surface area contributed by atoms with Crippen LogP contribution in [-0.4, -0.2) is 5.75 Å². The second-order valence-electron chi connectivity index (χ2n) is 2.29. The van der Waals surface area contributed by atoms with Crippen LogP contribution in [0.4, 0.5) is 13.2 Å². The maximum atomic E-state index is 12.0. The highest BCUT2D eigenvalue weighted by Gasteiger charge is 2.04. The number of hydrogen-bond acceptors (Lipinski definition) is 2. The van der Waals surface area contributed by atoms with Crippen LogP contribution < -0.4 is 0 Å². The van der Waals surface area contributed by atoms with E-state index in [1.165, 1.54) is 5.75 Å². The van der Waals surface area contributed by atoms with Crippen molar-refractivity contribution >= 4 is 21.6 Å². The van der Waals surface area contributed by atoms with E-state index in [-0.39, 0.29) is 0 Å². The van der Waals surface area contributed by atoms with E-state index in [0.717, 1.165) is 18.2 Å². The molecule has 0 amide bonds. The van der Waals surface area contributed by atoms with Crippen LogP contribution in [-0.2, 0) is 0 Å². The van der Waals surface area contributed by atoms with Crippen LogP contribution in [0.25, 0.3) is 0 Å². The molecule has 1 aromatic carbocycles. The van der Waals surface area contributed by atoms with Crippen molar-refractivity contribution in [3.63, 3.8) is 0 Å². The number of benzene rings is 1. The lowest BCUT2D eigenvalue weighted by Crippen LogP contribution is -1.86. The molecule has 1 aliphatic rings. The van der Waals surface area contributed by atoms with Crippen molar-refractivity contribution in [2.45, 2.75) is 0 Å². The minimum absolute atomic E-state index is 0.860. The van der Waals surface area contributed by atoms with Crippen LogP contribution in [0.2, 0.25) is 0 Å². The highest BCUT2D eigenvalue weighted by molar-refractivity contribution is 8.78. The van der Waals surface area contributed by atoms with Crippen molar-refractivity contribution < 1.29 is 13.2 Å². The molecule has 0 unspecified atom stereocenters. The van der Waals surface area contributed by atoms with Gasteiger partial charge in [-0.25, -0.2) is 13.2 Å². The normalized spacial score (nSPS) is 13.6. The van der Waals surface area contributed by atoms with Gasteiger partial charge < -0.3 is 0 Å². The van der Waals surface area contributed by atoms with E-state index < -0.39 is 17.5 Å². The molecule has 0 atom stereocenters. The molecular weight excluding hydrogens is 229 g/mol. The zero-order chi connectivity index (χ0) is 10.4. The number of rotatable bonds is 0. The first-order valence-electron chi connectivity index (χ1n) is 3.74. The van der Waals surface area contributed by atoms with Gasteiger partial charge in [-0.2, -0.15) is 0 Å². The lowest BCUT2D eigenvalue weighted by molar-refractivity contribution is 0.447. The first-order chi connectivity index (χ1) is 6.72. The van der Waals surface area contributed by atoms with E-state index in [4.69, 9.17) is 0 Å². The lowest BCUT2D eigenvalue weighted by Gasteiger charge is -1.90. The predicted molar refractivity (Wildman–Crippen MR) is 55.5 cm³/mol. The van der Waals surface area contributed by atoms with Crippen LogP contribution in [0.15, 0.2) is 29.7 Å². The van der Waals surface area contributed by atoms with Crippen LogP contribution in [0, 0.1) is 17.5 Å². The third-order valence-electron chi connectivity index (χ3n) is 1.29. The molecule has 1 aromatic rings. The van der Waals surface area contributed by atoms with Gasteiger partial charge in [0.05, 0.1) is 0 Å². The molecule has 0 fully saturated rings. The SMILES string of the molecule is C1=CSSC1.Fc1cccc(F)c1F. The van der Waals surface area contributed by atoms with Gasteiger partial charge in [0.1, 0.15) is 0 Å². The maximum absolute atomic E-state index is 12.0. The fraction of sp³-hybridized carbons (Fsp3) is 0.111. The van der Waals surface area contributed by atoms with Gasteiger partial charge in [0.15, 0.2) is 17.5 Å². The van der Waals surface area contributed by atoms with Crippen LogP contribution in [0.5, 0.6) is 0 Å². The van der Waals surface area contributed by atoms with Gasteiger partial charge in [-0.3, -0.25) is 0 Å². The van der Waals surface area contributed by atoms with Crippen LogP contribution in [0.3, 0.4) is 0 Å². The van der Waals surface area contributed by atoms with E-state index in [1.54, 1.807) is 0 Å². The summed E-state index contributed by atoms with van der Waals surface area (Å²) in [6, 6.07) is 2.82. The third-order valence-corrected chi connectivity index (χ3v) is 3.21. The molecule has 0 aliphatic carbocycles. The van der Waals surface area contributed by atoms with E-state index in [0.29, 0.717) is 0 Å². The standard InChI is InChI=1S/C6H3F3.C3H4S2/c7-4-2-1-3-5(8)6(4)9;1-2-4-5-3-1/h1-3H;1-2H,3H2. The van der Waals surface area contributed by atoms with Gasteiger partial charge in [0, 0.05) is 5.75 Å². The molecule has 0 N–H and O–H groups in total. The average molecular weight is 236 g/mol. The Kier molecular flexibility index (Phi) is 4.97. The molecule has 0 saturated carbocycles. The summed E-state index contributed by atoms with van der Waals surface area (Å²) in [6.07, 6.45) is 2.16. The monoisotopic (exact) mass is 236 g/mol. The molecule has 2 rings (SSSR count). The second kappa shape index (κ2) is 6.03. The van der Waals surface area contributed by atoms with E-state index in [2.05, 4.69) is 11.5 Å². The molecule has 0 radical (unpaired) electrons. The Morgan fingerprint density at radius 2 is 1.71 bits per heavy atom. The fourth-order valence-corrected chi connectivity index (χ4v) is 2.25. The van der Waals surface area contributed by atoms with Crippen molar-refractivity contribution in [1.82, 2.24) is 0 Å². The molecule has 14 heavy (non-hydrogen) atoms.